The number of hydrogen-bond acceptors (Lipinski definition) is 3. The summed E-state index contributed by atoms with van der Waals surface area (Å²) in [6.07, 6.45) is 1.77. The molecule has 1 amide bonds. The molecule has 2 aromatic rings. The highest BCUT2D eigenvalue weighted by Gasteiger charge is 2.21. The third kappa shape index (κ3) is 3.13. The summed E-state index contributed by atoms with van der Waals surface area (Å²) < 4.78 is 5.58. The largest absolute Gasteiger partial charge is 0.481 e. The van der Waals surface area contributed by atoms with Crippen LogP contribution in [0.1, 0.15) is 30.5 Å². The average molecular weight is 303 g/mol. The monoisotopic (exact) mass is 303 g/mol. The summed E-state index contributed by atoms with van der Waals surface area (Å²) in [7, 11) is 0. The first-order valence-corrected chi connectivity index (χ1v) is 7.29. The minimum absolute atomic E-state index is 0.173. The van der Waals surface area contributed by atoms with Crippen molar-refractivity contribution >= 4 is 22.8 Å². The number of benzene rings is 1. The topological polar surface area (TPSA) is 79.5 Å². The van der Waals surface area contributed by atoms with E-state index in [9.17, 15) is 9.59 Å². The van der Waals surface area contributed by atoms with Crippen LogP contribution in [-0.2, 0) is 16.0 Å². The van der Waals surface area contributed by atoms with Gasteiger partial charge in [0.15, 0.2) is 0 Å². The van der Waals surface area contributed by atoms with Gasteiger partial charge in [-0.05, 0) is 38.8 Å². The van der Waals surface area contributed by atoms with E-state index in [2.05, 4.69) is 5.32 Å². The van der Waals surface area contributed by atoms with E-state index >= 15 is 0 Å². The van der Waals surface area contributed by atoms with Gasteiger partial charge in [-0.15, -0.1) is 0 Å². The molecule has 2 rings (SSSR count). The van der Waals surface area contributed by atoms with Gasteiger partial charge in [0, 0.05) is 17.0 Å². The molecule has 0 saturated heterocycles. The Hall–Kier alpha value is -2.30. The normalized spacial score (nSPS) is 13.8. The number of aliphatic carboxylic acids is 1. The number of hydrogen-bond donors (Lipinski definition) is 2. The van der Waals surface area contributed by atoms with E-state index in [1.807, 2.05) is 26.0 Å². The van der Waals surface area contributed by atoms with E-state index in [4.69, 9.17) is 9.52 Å². The van der Waals surface area contributed by atoms with Crippen molar-refractivity contribution in [1.29, 1.82) is 0 Å². The summed E-state index contributed by atoms with van der Waals surface area (Å²) in [4.78, 5) is 23.0. The first-order valence-electron chi connectivity index (χ1n) is 7.29. The summed E-state index contributed by atoms with van der Waals surface area (Å²) in [5.74, 6) is -1.76. The SMILES string of the molecule is Cc1ccc2c(CC(=O)NC(C)C(C)C(=O)O)coc2c1C. The van der Waals surface area contributed by atoms with E-state index in [0.717, 1.165) is 27.7 Å². The van der Waals surface area contributed by atoms with E-state index in [1.165, 1.54) is 0 Å². The van der Waals surface area contributed by atoms with Gasteiger partial charge in [-0.25, -0.2) is 0 Å². The summed E-state index contributed by atoms with van der Waals surface area (Å²) in [6, 6.07) is 3.53. The van der Waals surface area contributed by atoms with E-state index in [-0.39, 0.29) is 12.3 Å². The minimum Gasteiger partial charge on any atom is -0.481 e. The molecule has 0 fully saturated rings. The fourth-order valence-electron chi connectivity index (χ4n) is 2.34. The lowest BCUT2D eigenvalue weighted by Gasteiger charge is -2.17. The zero-order valence-electron chi connectivity index (χ0n) is 13.3. The van der Waals surface area contributed by atoms with Crippen molar-refractivity contribution in [2.24, 2.45) is 5.92 Å². The van der Waals surface area contributed by atoms with Crippen LogP contribution in [0.4, 0.5) is 0 Å². The number of amides is 1. The maximum Gasteiger partial charge on any atom is 0.308 e. The van der Waals surface area contributed by atoms with Gasteiger partial charge in [-0.1, -0.05) is 12.1 Å². The lowest BCUT2D eigenvalue weighted by atomic mass is 10.0. The Bertz CT molecular complexity index is 717. The van der Waals surface area contributed by atoms with Crippen molar-refractivity contribution in [2.75, 3.05) is 0 Å². The summed E-state index contributed by atoms with van der Waals surface area (Å²) in [5, 5.41) is 12.6. The van der Waals surface area contributed by atoms with Crippen molar-refractivity contribution < 1.29 is 19.1 Å². The summed E-state index contributed by atoms with van der Waals surface area (Å²) >= 11 is 0. The molecule has 5 heteroatoms. The maximum absolute atomic E-state index is 12.1. The Morgan fingerprint density at radius 2 is 1.95 bits per heavy atom. The molecule has 118 valence electrons. The van der Waals surface area contributed by atoms with Gasteiger partial charge in [0.1, 0.15) is 5.58 Å². The molecule has 1 aromatic carbocycles. The molecule has 1 aromatic heterocycles. The van der Waals surface area contributed by atoms with Gasteiger partial charge in [-0.2, -0.15) is 0 Å². The van der Waals surface area contributed by atoms with Crippen molar-refractivity contribution in [1.82, 2.24) is 5.32 Å². The fraction of sp³-hybridized carbons (Fsp3) is 0.412. The van der Waals surface area contributed by atoms with Crippen LogP contribution < -0.4 is 5.32 Å². The number of rotatable bonds is 5. The number of furan rings is 1. The highest BCUT2D eigenvalue weighted by atomic mass is 16.4. The predicted molar refractivity (Wildman–Crippen MR) is 83.8 cm³/mol. The number of fused-ring (bicyclic) bond motifs is 1. The number of aryl methyl sites for hydroxylation is 2. The van der Waals surface area contributed by atoms with Crippen molar-refractivity contribution in [3.05, 3.63) is 35.1 Å². The van der Waals surface area contributed by atoms with Crippen LogP contribution in [0, 0.1) is 19.8 Å². The van der Waals surface area contributed by atoms with Gasteiger partial charge in [0.05, 0.1) is 18.6 Å². The molecule has 22 heavy (non-hydrogen) atoms. The van der Waals surface area contributed by atoms with Gasteiger partial charge in [-0.3, -0.25) is 9.59 Å². The molecule has 0 aliphatic rings. The van der Waals surface area contributed by atoms with Crippen LogP contribution >= 0.6 is 0 Å². The van der Waals surface area contributed by atoms with Gasteiger partial charge < -0.3 is 14.8 Å². The lowest BCUT2D eigenvalue weighted by molar-refractivity contribution is -0.142. The third-order valence-electron chi connectivity index (χ3n) is 4.22. The summed E-state index contributed by atoms with van der Waals surface area (Å²) in [6.45, 7) is 7.27. The number of carboxylic acid groups (broad SMARTS) is 1. The molecule has 0 radical (unpaired) electrons. The van der Waals surface area contributed by atoms with Crippen LogP contribution in [0.2, 0.25) is 0 Å². The molecule has 2 N–H and O–H groups in total. The first kappa shape index (κ1) is 16.1. The summed E-state index contributed by atoms with van der Waals surface area (Å²) in [5.41, 5.74) is 3.82. The predicted octanol–water partition coefficient (Wildman–Crippen LogP) is 2.82. The molecule has 2 unspecified atom stereocenters. The van der Waals surface area contributed by atoms with Crippen molar-refractivity contribution in [3.63, 3.8) is 0 Å². The second-order valence-electron chi connectivity index (χ2n) is 5.80. The van der Waals surface area contributed by atoms with Crippen molar-refractivity contribution in [2.45, 2.75) is 40.2 Å². The van der Waals surface area contributed by atoms with Crippen LogP contribution in [-0.4, -0.2) is 23.0 Å². The number of carbonyl (C=O) groups excluding carboxylic acids is 1. The highest BCUT2D eigenvalue weighted by molar-refractivity contribution is 5.89. The Kier molecular flexibility index (Phi) is 4.54. The molecule has 1 heterocycles. The Morgan fingerprint density at radius 3 is 2.59 bits per heavy atom. The number of carbonyl (C=O) groups is 2. The van der Waals surface area contributed by atoms with Gasteiger partial charge in [0.25, 0.3) is 0 Å². The Morgan fingerprint density at radius 1 is 1.27 bits per heavy atom. The molecule has 5 nitrogen and oxygen atoms in total. The third-order valence-corrected chi connectivity index (χ3v) is 4.22. The first-order chi connectivity index (χ1) is 10.3. The van der Waals surface area contributed by atoms with Gasteiger partial charge in [0.2, 0.25) is 5.91 Å². The smallest absolute Gasteiger partial charge is 0.308 e. The number of carboxylic acids is 1. The average Bonchev–Trinajstić information content (AvgIpc) is 2.85. The quantitative estimate of drug-likeness (QED) is 0.890. The maximum atomic E-state index is 12.1. The second kappa shape index (κ2) is 6.22. The van der Waals surface area contributed by atoms with Gasteiger partial charge >= 0.3 is 5.97 Å². The van der Waals surface area contributed by atoms with E-state index in [0.29, 0.717) is 0 Å². The fourth-order valence-corrected chi connectivity index (χ4v) is 2.34. The molecule has 0 bridgehead atoms. The van der Waals surface area contributed by atoms with Crippen LogP contribution in [0.15, 0.2) is 22.8 Å². The molecule has 0 spiro atoms. The number of nitrogens with one attached hydrogen (secondary N) is 1. The van der Waals surface area contributed by atoms with Crippen LogP contribution in [0.25, 0.3) is 11.0 Å². The standard InChI is InChI=1S/C17H21NO4/c1-9-5-6-14-13(8-22-16(14)10(9)2)7-15(19)18-12(4)11(3)17(20)21/h5-6,8,11-12H,7H2,1-4H3,(H,18,19)(H,20,21). The molecule has 0 saturated carbocycles. The lowest BCUT2D eigenvalue weighted by Crippen LogP contribution is -2.40. The molecular formula is C17H21NO4. The van der Waals surface area contributed by atoms with Crippen molar-refractivity contribution in [3.8, 4) is 0 Å². The Labute approximate surface area is 129 Å². The minimum atomic E-state index is -0.923. The Balaban J connectivity index is 2.13. The highest BCUT2D eigenvalue weighted by Crippen LogP contribution is 2.26. The second-order valence-corrected chi connectivity index (χ2v) is 5.80. The molecule has 0 aliphatic heterocycles. The molecule has 0 aliphatic carbocycles. The molecular weight excluding hydrogens is 282 g/mol. The van der Waals surface area contributed by atoms with E-state index < -0.39 is 17.9 Å². The zero-order chi connectivity index (χ0) is 16.4. The van der Waals surface area contributed by atoms with Crippen LogP contribution in [0.5, 0.6) is 0 Å². The molecule has 2 atom stereocenters. The van der Waals surface area contributed by atoms with Crippen LogP contribution in [0.3, 0.4) is 0 Å². The zero-order valence-corrected chi connectivity index (χ0v) is 13.3. The van der Waals surface area contributed by atoms with E-state index in [1.54, 1.807) is 20.1 Å².